The van der Waals surface area contributed by atoms with Gasteiger partial charge in [0.05, 0.1) is 12.2 Å². The largest absolute Gasteiger partial charge is 0.433 e. The van der Waals surface area contributed by atoms with Crippen LogP contribution in [0.25, 0.3) is 5.65 Å². The number of nitrogens with zero attached hydrogens (tertiary/aromatic N) is 3. The first-order valence-corrected chi connectivity index (χ1v) is 6.65. The highest BCUT2D eigenvalue weighted by Gasteiger charge is 2.32. The predicted molar refractivity (Wildman–Crippen MR) is 76.5 cm³/mol. The molecule has 0 saturated heterocycles. The third-order valence-electron chi connectivity index (χ3n) is 3.24. The van der Waals surface area contributed by atoms with Crippen molar-refractivity contribution in [1.82, 2.24) is 14.4 Å². The van der Waals surface area contributed by atoms with Crippen LogP contribution in [-0.4, -0.2) is 14.4 Å². The molecule has 22 heavy (non-hydrogen) atoms. The van der Waals surface area contributed by atoms with E-state index in [1.165, 1.54) is 12.1 Å². The normalized spacial score (nSPS) is 11.8. The molecule has 0 fully saturated rings. The van der Waals surface area contributed by atoms with Crippen LogP contribution in [0, 0.1) is 6.92 Å². The Labute approximate surface area is 124 Å². The number of alkyl halides is 3. The highest BCUT2D eigenvalue weighted by Crippen LogP contribution is 2.28. The fourth-order valence-corrected chi connectivity index (χ4v) is 2.16. The van der Waals surface area contributed by atoms with E-state index in [4.69, 9.17) is 0 Å². The van der Waals surface area contributed by atoms with E-state index in [1.807, 2.05) is 35.7 Å². The summed E-state index contributed by atoms with van der Waals surface area (Å²) in [6.45, 7) is 2.26. The highest BCUT2D eigenvalue weighted by atomic mass is 19.4. The Morgan fingerprint density at radius 1 is 1.09 bits per heavy atom. The molecule has 1 N–H and O–H groups in total. The molecule has 3 aromatic rings. The van der Waals surface area contributed by atoms with E-state index >= 15 is 0 Å². The molecule has 0 aliphatic rings. The number of imidazole rings is 1. The average Bonchev–Trinajstić information content (AvgIpc) is 2.89. The number of fused-ring (bicyclic) bond motifs is 1. The average molecular weight is 306 g/mol. The topological polar surface area (TPSA) is 42.2 Å². The molecule has 7 heteroatoms. The summed E-state index contributed by atoms with van der Waals surface area (Å²) in [6, 6.07) is 9.50. The molecule has 0 atom stereocenters. The highest BCUT2D eigenvalue weighted by molar-refractivity contribution is 5.43. The molecule has 0 unspecified atom stereocenters. The fourth-order valence-electron chi connectivity index (χ4n) is 2.16. The SMILES string of the molecule is Cc1cccc2nc(CNc3cccc(C(F)(F)F)n3)cn12. The van der Waals surface area contributed by atoms with Gasteiger partial charge in [0.15, 0.2) is 0 Å². The molecule has 4 nitrogen and oxygen atoms in total. The fraction of sp³-hybridized carbons (Fsp3) is 0.200. The van der Waals surface area contributed by atoms with Crippen LogP contribution < -0.4 is 5.32 Å². The smallest absolute Gasteiger partial charge is 0.364 e. The van der Waals surface area contributed by atoms with Crippen LogP contribution in [-0.2, 0) is 12.7 Å². The third kappa shape index (κ3) is 2.88. The number of aryl methyl sites for hydroxylation is 1. The summed E-state index contributed by atoms with van der Waals surface area (Å²) in [7, 11) is 0. The van der Waals surface area contributed by atoms with Crippen molar-refractivity contribution in [2.45, 2.75) is 19.6 Å². The van der Waals surface area contributed by atoms with E-state index in [0.29, 0.717) is 6.54 Å². The van der Waals surface area contributed by atoms with Gasteiger partial charge in [-0.2, -0.15) is 13.2 Å². The molecule has 0 bridgehead atoms. The third-order valence-corrected chi connectivity index (χ3v) is 3.24. The lowest BCUT2D eigenvalue weighted by Gasteiger charge is -2.08. The van der Waals surface area contributed by atoms with Crippen molar-refractivity contribution >= 4 is 11.5 Å². The summed E-state index contributed by atoms with van der Waals surface area (Å²) in [6.07, 6.45) is -2.59. The van der Waals surface area contributed by atoms with Crippen molar-refractivity contribution in [3.05, 3.63) is 59.7 Å². The number of aromatic nitrogens is 3. The van der Waals surface area contributed by atoms with E-state index in [1.54, 1.807) is 0 Å². The van der Waals surface area contributed by atoms with Gasteiger partial charge in [0.1, 0.15) is 17.2 Å². The maximum atomic E-state index is 12.6. The van der Waals surface area contributed by atoms with E-state index in [0.717, 1.165) is 23.1 Å². The lowest BCUT2D eigenvalue weighted by molar-refractivity contribution is -0.141. The Kier molecular flexibility index (Phi) is 3.48. The van der Waals surface area contributed by atoms with Gasteiger partial charge in [0, 0.05) is 11.9 Å². The van der Waals surface area contributed by atoms with Gasteiger partial charge in [0.25, 0.3) is 0 Å². The molecule has 0 amide bonds. The second-order valence-electron chi connectivity index (χ2n) is 4.89. The Morgan fingerprint density at radius 3 is 2.59 bits per heavy atom. The molecule has 0 aliphatic heterocycles. The van der Waals surface area contributed by atoms with Gasteiger partial charge in [-0.3, -0.25) is 0 Å². The van der Waals surface area contributed by atoms with Crippen molar-refractivity contribution in [2.24, 2.45) is 0 Å². The summed E-state index contributed by atoms with van der Waals surface area (Å²) in [4.78, 5) is 7.97. The summed E-state index contributed by atoms with van der Waals surface area (Å²) in [5.74, 6) is 0.170. The molecule has 0 radical (unpaired) electrons. The number of halogens is 3. The predicted octanol–water partition coefficient (Wildman–Crippen LogP) is 3.67. The lowest BCUT2D eigenvalue weighted by atomic mass is 10.3. The first kappa shape index (κ1) is 14.4. The molecule has 3 aromatic heterocycles. The molecule has 0 saturated carbocycles. The van der Waals surface area contributed by atoms with Crippen LogP contribution in [0.15, 0.2) is 42.6 Å². The zero-order valence-corrected chi connectivity index (χ0v) is 11.7. The number of nitrogens with one attached hydrogen (secondary N) is 1. The minimum atomic E-state index is -4.45. The van der Waals surface area contributed by atoms with Crippen LogP contribution in [0.5, 0.6) is 0 Å². The molecule has 3 rings (SSSR count). The van der Waals surface area contributed by atoms with Crippen LogP contribution in [0.2, 0.25) is 0 Å². The van der Waals surface area contributed by atoms with Crippen LogP contribution in [0.4, 0.5) is 19.0 Å². The molecule has 114 valence electrons. The van der Waals surface area contributed by atoms with E-state index in [9.17, 15) is 13.2 Å². The maximum Gasteiger partial charge on any atom is 0.433 e. The van der Waals surface area contributed by atoms with Crippen LogP contribution in [0.3, 0.4) is 0 Å². The quantitative estimate of drug-likeness (QED) is 0.803. The van der Waals surface area contributed by atoms with E-state index in [2.05, 4.69) is 15.3 Å². The number of pyridine rings is 2. The summed E-state index contributed by atoms with van der Waals surface area (Å²) < 4.78 is 39.8. The number of anilines is 1. The van der Waals surface area contributed by atoms with Gasteiger partial charge < -0.3 is 9.72 Å². The van der Waals surface area contributed by atoms with Gasteiger partial charge in [-0.05, 0) is 31.2 Å². The minimum absolute atomic E-state index is 0.170. The second-order valence-corrected chi connectivity index (χ2v) is 4.89. The van der Waals surface area contributed by atoms with Crippen molar-refractivity contribution in [2.75, 3.05) is 5.32 Å². The van der Waals surface area contributed by atoms with Crippen molar-refractivity contribution in [3.63, 3.8) is 0 Å². The first-order valence-electron chi connectivity index (χ1n) is 6.65. The Bertz CT molecular complexity index is 808. The molecule has 0 spiro atoms. The number of rotatable bonds is 3. The van der Waals surface area contributed by atoms with Crippen LogP contribution >= 0.6 is 0 Å². The summed E-state index contributed by atoms with van der Waals surface area (Å²) in [5, 5.41) is 2.87. The lowest BCUT2D eigenvalue weighted by Crippen LogP contribution is -2.10. The zero-order valence-electron chi connectivity index (χ0n) is 11.7. The van der Waals surface area contributed by atoms with Gasteiger partial charge in [0.2, 0.25) is 0 Å². The first-order chi connectivity index (χ1) is 10.4. The van der Waals surface area contributed by atoms with Gasteiger partial charge in [-0.1, -0.05) is 12.1 Å². The monoisotopic (exact) mass is 306 g/mol. The standard InChI is InChI=1S/C15H13F3N4/c1-10-4-2-7-14-20-11(9-22(10)14)8-19-13-6-3-5-12(21-13)15(16,17)18/h2-7,9H,8H2,1H3,(H,19,21). The number of hydrogen-bond acceptors (Lipinski definition) is 3. The van der Waals surface area contributed by atoms with Crippen molar-refractivity contribution in [1.29, 1.82) is 0 Å². The molecule has 3 heterocycles. The Morgan fingerprint density at radius 2 is 1.86 bits per heavy atom. The summed E-state index contributed by atoms with van der Waals surface area (Å²) >= 11 is 0. The molecule has 0 aliphatic carbocycles. The maximum absolute atomic E-state index is 12.6. The Hall–Kier alpha value is -2.57. The minimum Gasteiger partial charge on any atom is -0.364 e. The van der Waals surface area contributed by atoms with Crippen molar-refractivity contribution < 1.29 is 13.2 Å². The molecular formula is C15H13F3N4. The zero-order chi connectivity index (χ0) is 15.7. The Balaban J connectivity index is 1.78. The number of hydrogen-bond donors (Lipinski definition) is 1. The molecule has 0 aromatic carbocycles. The second kappa shape index (κ2) is 5.32. The molecular weight excluding hydrogens is 293 g/mol. The van der Waals surface area contributed by atoms with E-state index < -0.39 is 11.9 Å². The van der Waals surface area contributed by atoms with Gasteiger partial charge in [-0.15, -0.1) is 0 Å². The van der Waals surface area contributed by atoms with Crippen LogP contribution in [0.1, 0.15) is 17.1 Å². The van der Waals surface area contributed by atoms with E-state index in [-0.39, 0.29) is 5.82 Å². The van der Waals surface area contributed by atoms with Crippen molar-refractivity contribution in [3.8, 4) is 0 Å². The van der Waals surface area contributed by atoms with Gasteiger partial charge in [-0.25, -0.2) is 9.97 Å². The summed E-state index contributed by atoms with van der Waals surface area (Å²) in [5.41, 5.74) is 1.65. The van der Waals surface area contributed by atoms with Gasteiger partial charge >= 0.3 is 6.18 Å².